The number of fused-ring (bicyclic) bond motifs is 2. The maximum Gasteiger partial charge on any atom is 0.184 e. The zero-order valence-electron chi connectivity index (χ0n) is 11.2. The monoisotopic (exact) mass is 285 g/mol. The second-order valence-corrected chi connectivity index (χ2v) is 6.17. The van der Waals surface area contributed by atoms with E-state index < -0.39 is 0 Å². The molecule has 4 rings (SSSR count). The van der Waals surface area contributed by atoms with Crippen molar-refractivity contribution in [2.24, 2.45) is 0 Å². The molecular formula is C14H15N5S. The van der Waals surface area contributed by atoms with Crippen molar-refractivity contribution >= 4 is 26.7 Å². The molecule has 3 heterocycles. The molecule has 1 aliphatic rings. The molecule has 0 bridgehead atoms. The SMILES string of the molecule is Cc1nnc2n1C[C@H](Nc1nc3ccccc3s1)CC2. The van der Waals surface area contributed by atoms with E-state index in [1.54, 1.807) is 11.3 Å². The quantitative estimate of drug-likeness (QED) is 0.786. The van der Waals surface area contributed by atoms with Crippen molar-refractivity contribution in [3.63, 3.8) is 0 Å². The van der Waals surface area contributed by atoms with Crippen molar-refractivity contribution in [1.82, 2.24) is 19.7 Å². The van der Waals surface area contributed by atoms with E-state index in [0.29, 0.717) is 6.04 Å². The number of aryl methyl sites for hydroxylation is 2. The van der Waals surface area contributed by atoms with Gasteiger partial charge in [0, 0.05) is 19.0 Å². The number of thiazole rings is 1. The summed E-state index contributed by atoms with van der Waals surface area (Å²) in [5.74, 6) is 2.10. The van der Waals surface area contributed by atoms with Gasteiger partial charge in [0.1, 0.15) is 11.6 Å². The van der Waals surface area contributed by atoms with E-state index in [0.717, 1.165) is 41.7 Å². The van der Waals surface area contributed by atoms with Gasteiger partial charge in [0.2, 0.25) is 0 Å². The molecule has 1 aromatic carbocycles. The largest absolute Gasteiger partial charge is 0.357 e. The summed E-state index contributed by atoms with van der Waals surface area (Å²) in [7, 11) is 0. The zero-order chi connectivity index (χ0) is 13.5. The highest BCUT2D eigenvalue weighted by Crippen LogP contribution is 2.27. The Morgan fingerprint density at radius 3 is 3.10 bits per heavy atom. The number of rotatable bonds is 2. The first-order valence-corrected chi connectivity index (χ1v) is 7.62. The molecular weight excluding hydrogens is 270 g/mol. The van der Waals surface area contributed by atoms with Gasteiger partial charge >= 0.3 is 0 Å². The Balaban J connectivity index is 1.56. The fraction of sp³-hybridized carbons (Fsp3) is 0.357. The second-order valence-electron chi connectivity index (χ2n) is 5.14. The van der Waals surface area contributed by atoms with Crippen LogP contribution in [0.5, 0.6) is 0 Å². The third kappa shape index (κ3) is 1.96. The fourth-order valence-electron chi connectivity index (χ4n) is 2.69. The first kappa shape index (κ1) is 11.8. The number of anilines is 1. The summed E-state index contributed by atoms with van der Waals surface area (Å²) in [6, 6.07) is 8.65. The number of nitrogens with one attached hydrogen (secondary N) is 1. The Morgan fingerprint density at radius 2 is 2.20 bits per heavy atom. The van der Waals surface area contributed by atoms with Gasteiger partial charge < -0.3 is 9.88 Å². The molecule has 0 amide bonds. The Kier molecular flexibility index (Phi) is 2.70. The molecule has 102 valence electrons. The van der Waals surface area contributed by atoms with Crippen LogP contribution in [0, 0.1) is 6.92 Å². The van der Waals surface area contributed by atoms with E-state index >= 15 is 0 Å². The fourth-order valence-corrected chi connectivity index (χ4v) is 3.63. The van der Waals surface area contributed by atoms with Crippen LogP contribution >= 0.6 is 11.3 Å². The second kappa shape index (κ2) is 4.56. The maximum absolute atomic E-state index is 4.64. The Labute approximate surface area is 120 Å². The molecule has 0 fully saturated rings. The van der Waals surface area contributed by atoms with E-state index in [4.69, 9.17) is 0 Å². The highest BCUT2D eigenvalue weighted by Gasteiger charge is 2.22. The van der Waals surface area contributed by atoms with Crippen LogP contribution in [-0.4, -0.2) is 25.8 Å². The van der Waals surface area contributed by atoms with E-state index in [2.05, 4.69) is 43.3 Å². The van der Waals surface area contributed by atoms with Crippen molar-refractivity contribution in [1.29, 1.82) is 0 Å². The molecule has 0 radical (unpaired) electrons. The van der Waals surface area contributed by atoms with Crippen molar-refractivity contribution < 1.29 is 0 Å². The lowest BCUT2D eigenvalue weighted by Gasteiger charge is -2.24. The van der Waals surface area contributed by atoms with Crippen LogP contribution in [-0.2, 0) is 13.0 Å². The minimum atomic E-state index is 0.401. The predicted molar refractivity (Wildman–Crippen MR) is 80.1 cm³/mol. The van der Waals surface area contributed by atoms with Crippen LogP contribution in [0.15, 0.2) is 24.3 Å². The van der Waals surface area contributed by atoms with Gasteiger partial charge in [0.05, 0.1) is 10.2 Å². The predicted octanol–water partition coefficient (Wildman–Crippen LogP) is 2.62. The molecule has 0 unspecified atom stereocenters. The van der Waals surface area contributed by atoms with Gasteiger partial charge in [0.25, 0.3) is 0 Å². The van der Waals surface area contributed by atoms with E-state index in [1.807, 2.05) is 13.0 Å². The highest BCUT2D eigenvalue weighted by atomic mass is 32.1. The van der Waals surface area contributed by atoms with Crippen LogP contribution in [0.4, 0.5) is 5.13 Å². The Bertz CT molecular complexity index is 727. The Hall–Kier alpha value is -1.95. The summed E-state index contributed by atoms with van der Waals surface area (Å²) >= 11 is 1.72. The summed E-state index contributed by atoms with van der Waals surface area (Å²) in [5.41, 5.74) is 1.07. The molecule has 1 aliphatic heterocycles. The van der Waals surface area contributed by atoms with Gasteiger partial charge in [0.15, 0.2) is 5.13 Å². The summed E-state index contributed by atoms with van der Waals surface area (Å²) in [6.45, 7) is 2.93. The summed E-state index contributed by atoms with van der Waals surface area (Å²) in [4.78, 5) is 4.64. The van der Waals surface area contributed by atoms with Crippen molar-refractivity contribution in [3.05, 3.63) is 35.9 Å². The highest BCUT2D eigenvalue weighted by molar-refractivity contribution is 7.22. The van der Waals surface area contributed by atoms with Gasteiger partial charge in [-0.05, 0) is 25.5 Å². The molecule has 0 aliphatic carbocycles. The standard InChI is InChI=1S/C14H15N5S/c1-9-17-18-13-7-6-10(8-19(9)13)15-14-16-11-4-2-3-5-12(11)20-14/h2-5,10H,6-8H2,1H3,(H,15,16)/t10-/m1/s1. The van der Waals surface area contributed by atoms with Crippen molar-refractivity contribution in [2.75, 3.05) is 5.32 Å². The van der Waals surface area contributed by atoms with Gasteiger partial charge in [-0.1, -0.05) is 23.5 Å². The third-order valence-electron chi connectivity index (χ3n) is 3.75. The number of hydrogen-bond donors (Lipinski definition) is 1. The number of benzene rings is 1. The summed E-state index contributed by atoms with van der Waals surface area (Å²) in [6.07, 6.45) is 2.05. The van der Waals surface area contributed by atoms with Crippen molar-refractivity contribution in [3.8, 4) is 0 Å². The minimum absolute atomic E-state index is 0.401. The molecule has 2 aromatic heterocycles. The molecule has 20 heavy (non-hydrogen) atoms. The third-order valence-corrected chi connectivity index (χ3v) is 4.72. The van der Waals surface area contributed by atoms with Crippen LogP contribution in [0.3, 0.4) is 0 Å². The summed E-state index contributed by atoms with van der Waals surface area (Å²) < 4.78 is 3.43. The molecule has 0 saturated carbocycles. The molecule has 0 saturated heterocycles. The van der Waals surface area contributed by atoms with Crippen LogP contribution in [0.2, 0.25) is 0 Å². The van der Waals surface area contributed by atoms with Gasteiger partial charge in [-0.2, -0.15) is 0 Å². The average molecular weight is 285 g/mol. The van der Waals surface area contributed by atoms with Crippen LogP contribution < -0.4 is 5.32 Å². The van der Waals surface area contributed by atoms with E-state index in [-0.39, 0.29) is 0 Å². The molecule has 1 atom stereocenters. The lowest BCUT2D eigenvalue weighted by molar-refractivity contribution is 0.470. The summed E-state index contributed by atoms with van der Waals surface area (Å²) in [5, 5.41) is 12.9. The lowest BCUT2D eigenvalue weighted by atomic mass is 10.1. The molecule has 3 aromatic rings. The zero-order valence-corrected chi connectivity index (χ0v) is 12.0. The molecule has 5 nitrogen and oxygen atoms in total. The van der Waals surface area contributed by atoms with Crippen molar-refractivity contribution in [2.45, 2.75) is 32.4 Å². The average Bonchev–Trinajstić information content (AvgIpc) is 3.02. The lowest BCUT2D eigenvalue weighted by Crippen LogP contribution is -2.31. The molecule has 6 heteroatoms. The molecule has 1 N–H and O–H groups in total. The topological polar surface area (TPSA) is 55.6 Å². The smallest absolute Gasteiger partial charge is 0.184 e. The van der Waals surface area contributed by atoms with Crippen LogP contribution in [0.1, 0.15) is 18.1 Å². The number of aromatic nitrogens is 4. The number of nitrogens with zero attached hydrogens (tertiary/aromatic N) is 4. The minimum Gasteiger partial charge on any atom is -0.357 e. The van der Waals surface area contributed by atoms with Gasteiger partial charge in [-0.15, -0.1) is 10.2 Å². The van der Waals surface area contributed by atoms with E-state index in [1.165, 1.54) is 4.70 Å². The van der Waals surface area contributed by atoms with E-state index in [9.17, 15) is 0 Å². The van der Waals surface area contributed by atoms with Crippen LogP contribution in [0.25, 0.3) is 10.2 Å². The Morgan fingerprint density at radius 1 is 1.30 bits per heavy atom. The van der Waals surface area contributed by atoms with Gasteiger partial charge in [-0.25, -0.2) is 4.98 Å². The van der Waals surface area contributed by atoms with Gasteiger partial charge in [-0.3, -0.25) is 0 Å². The first-order valence-electron chi connectivity index (χ1n) is 6.80. The maximum atomic E-state index is 4.64. The normalized spacial score (nSPS) is 18.1. The molecule has 0 spiro atoms. The number of para-hydroxylation sites is 1. The number of hydrogen-bond acceptors (Lipinski definition) is 5. The first-order chi connectivity index (χ1) is 9.79.